The van der Waals surface area contributed by atoms with Crippen LogP contribution in [0.4, 0.5) is 0 Å². The van der Waals surface area contributed by atoms with Crippen LogP contribution in [0.2, 0.25) is 5.02 Å². The molecule has 0 amide bonds. The fourth-order valence-electron chi connectivity index (χ4n) is 4.12. The van der Waals surface area contributed by atoms with Crippen LogP contribution in [0.3, 0.4) is 0 Å². The number of carbonyl (C=O) groups excluding carboxylic acids is 1. The molecule has 4 nitrogen and oxygen atoms in total. The second-order valence-corrected chi connectivity index (χ2v) is 10.1. The summed E-state index contributed by atoms with van der Waals surface area (Å²) in [4.78, 5) is 12.4. The van der Waals surface area contributed by atoms with Crippen molar-refractivity contribution >= 4 is 32.1 Å². The second kappa shape index (κ2) is 5.53. The van der Waals surface area contributed by atoms with E-state index in [-0.39, 0.29) is 22.8 Å². The van der Waals surface area contributed by atoms with Crippen molar-refractivity contribution in [2.24, 2.45) is 5.41 Å². The van der Waals surface area contributed by atoms with Crippen molar-refractivity contribution in [3.05, 3.63) is 51.4 Å². The third kappa shape index (κ3) is 2.69. The van der Waals surface area contributed by atoms with Crippen LogP contribution in [-0.2, 0) is 14.6 Å². The SMILES string of the molecule is CC1(C)C=C2C(c3ccc(Cl)cc3)=C3C(CC(=O)S3(=O)=O)NC2CC1. The topological polar surface area (TPSA) is 63.2 Å². The highest BCUT2D eigenvalue weighted by Gasteiger charge is 2.49. The molecule has 1 aromatic rings. The van der Waals surface area contributed by atoms with E-state index in [2.05, 4.69) is 25.2 Å². The molecule has 2 atom stereocenters. The smallest absolute Gasteiger partial charge is 0.252 e. The lowest BCUT2D eigenvalue weighted by Crippen LogP contribution is -2.46. The van der Waals surface area contributed by atoms with Gasteiger partial charge in [0, 0.05) is 23.1 Å². The number of allylic oxidation sites excluding steroid dienone is 1. The number of carbonyl (C=O) groups is 1. The molecule has 0 spiro atoms. The predicted molar refractivity (Wildman–Crippen MR) is 98.7 cm³/mol. The summed E-state index contributed by atoms with van der Waals surface area (Å²) in [6, 6.07) is 6.85. The van der Waals surface area contributed by atoms with E-state index in [1.54, 1.807) is 12.1 Å². The van der Waals surface area contributed by atoms with Crippen molar-refractivity contribution in [3.8, 4) is 0 Å². The molecule has 2 heterocycles. The fraction of sp³-hybridized carbons (Fsp3) is 0.421. The first-order chi connectivity index (χ1) is 11.7. The van der Waals surface area contributed by atoms with Crippen molar-refractivity contribution in [1.82, 2.24) is 5.32 Å². The number of benzene rings is 1. The summed E-state index contributed by atoms with van der Waals surface area (Å²) < 4.78 is 25.4. The Hall–Kier alpha value is -1.43. The first kappa shape index (κ1) is 17.0. The van der Waals surface area contributed by atoms with Gasteiger partial charge in [-0.1, -0.05) is 43.7 Å². The highest BCUT2D eigenvalue weighted by atomic mass is 35.5. The monoisotopic (exact) mass is 377 g/mol. The van der Waals surface area contributed by atoms with E-state index in [1.807, 2.05) is 12.1 Å². The zero-order valence-corrected chi connectivity index (χ0v) is 15.7. The van der Waals surface area contributed by atoms with Gasteiger partial charge in [-0.3, -0.25) is 4.79 Å². The molecule has 1 fully saturated rings. The quantitative estimate of drug-likeness (QED) is 0.813. The molecule has 132 valence electrons. The Morgan fingerprint density at radius 1 is 1.16 bits per heavy atom. The van der Waals surface area contributed by atoms with Crippen LogP contribution in [0.25, 0.3) is 5.57 Å². The van der Waals surface area contributed by atoms with Crippen LogP contribution in [0.5, 0.6) is 0 Å². The average Bonchev–Trinajstić information content (AvgIpc) is 2.76. The van der Waals surface area contributed by atoms with E-state index in [0.29, 0.717) is 10.6 Å². The number of hydrogen-bond donors (Lipinski definition) is 1. The van der Waals surface area contributed by atoms with Crippen molar-refractivity contribution in [3.63, 3.8) is 0 Å². The molecular weight excluding hydrogens is 358 g/mol. The molecule has 3 aliphatic rings. The number of fused-ring (bicyclic) bond motifs is 2. The molecule has 0 radical (unpaired) electrons. The molecule has 25 heavy (non-hydrogen) atoms. The van der Waals surface area contributed by atoms with Gasteiger partial charge < -0.3 is 5.32 Å². The zero-order chi connectivity index (χ0) is 18.0. The normalized spacial score (nSPS) is 29.9. The van der Waals surface area contributed by atoms with Gasteiger partial charge in [-0.15, -0.1) is 0 Å². The fourth-order valence-corrected chi connectivity index (χ4v) is 5.91. The number of halogens is 1. The molecule has 0 bridgehead atoms. The van der Waals surface area contributed by atoms with Gasteiger partial charge in [-0.2, -0.15) is 0 Å². The lowest BCUT2D eigenvalue weighted by molar-refractivity contribution is -0.111. The molecule has 0 saturated carbocycles. The van der Waals surface area contributed by atoms with E-state index in [9.17, 15) is 13.2 Å². The Labute approximate surface area is 152 Å². The summed E-state index contributed by atoms with van der Waals surface area (Å²) in [6.45, 7) is 4.31. The van der Waals surface area contributed by atoms with Crippen LogP contribution in [0, 0.1) is 5.41 Å². The number of rotatable bonds is 1. The maximum absolute atomic E-state index is 12.7. The van der Waals surface area contributed by atoms with Crippen molar-refractivity contribution in [2.75, 3.05) is 0 Å². The van der Waals surface area contributed by atoms with Crippen molar-refractivity contribution in [1.29, 1.82) is 0 Å². The van der Waals surface area contributed by atoms with Gasteiger partial charge in [0.05, 0.1) is 10.9 Å². The van der Waals surface area contributed by atoms with Gasteiger partial charge in [0.2, 0.25) is 9.84 Å². The first-order valence-corrected chi connectivity index (χ1v) is 10.3. The van der Waals surface area contributed by atoms with Gasteiger partial charge in [0.25, 0.3) is 5.12 Å². The summed E-state index contributed by atoms with van der Waals surface area (Å²) in [5, 5.41) is 3.31. The minimum atomic E-state index is -3.92. The lowest BCUT2D eigenvalue weighted by Gasteiger charge is -2.40. The van der Waals surface area contributed by atoms with E-state index < -0.39 is 21.0 Å². The van der Waals surface area contributed by atoms with Gasteiger partial charge in [-0.25, -0.2) is 8.42 Å². The Kier molecular flexibility index (Phi) is 3.76. The van der Waals surface area contributed by atoms with Crippen molar-refractivity contribution in [2.45, 2.75) is 45.2 Å². The third-order valence-electron chi connectivity index (χ3n) is 5.35. The number of hydrogen-bond acceptors (Lipinski definition) is 4. The Morgan fingerprint density at radius 2 is 1.84 bits per heavy atom. The first-order valence-electron chi connectivity index (χ1n) is 8.46. The van der Waals surface area contributed by atoms with Crippen molar-refractivity contribution < 1.29 is 13.2 Å². The molecule has 2 unspecified atom stereocenters. The summed E-state index contributed by atoms with van der Waals surface area (Å²) in [6.07, 6.45) is 4.13. The zero-order valence-electron chi connectivity index (χ0n) is 14.2. The maximum atomic E-state index is 12.7. The van der Waals surface area contributed by atoms with Gasteiger partial charge in [0.15, 0.2) is 0 Å². The molecule has 1 saturated heterocycles. The minimum Gasteiger partial charge on any atom is -0.302 e. The molecule has 1 aliphatic carbocycles. The molecule has 1 N–H and O–H groups in total. The average molecular weight is 378 g/mol. The van der Waals surface area contributed by atoms with Crippen LogP contribution in [0.1, 0.15) is 38.7 Å². The van der Waals surface area contributed by atoms with E-state index in [4.69, 9.17) is 11.6 Å². The van der Waals surface area contributed by atoms with Crippen LogP contribution in [0.15, 0.2) is 40.8 Å². The highest BCUT2D eigenvalue weighted by Crippen LogP contribution is 2.47. The van der Waals surface area contributed by atoms with E-state index in [1.165, 1.54) is 0 Å². The van der Waals surface area contributed by atoms with Gasteiger partial charge in [-0.05, 0) is 41.5 Å². The van der Waals surface area contributed by atoms with E-state index >= 15 is 0 Å². The van der Waals surface area contributed by atoms with Gasteiger partial charge in [0.1, 0.15) is 0 Å². The number of sulfone groups is 1. The van der Waals surface area contributed by atoms with E-state index in [0.717, 1.165) is 24.0 Å². The standard InChI is InChI=1S/C19H20ClNO3S/c1-19(2)8-7-14-13(10-19)17(11-3-5-12(20)6-4-11)18-15(21-14)9-16(22)25(18,23)24/h3-6,10,14-15,21H,7-9H2,1-2H3. The lowest BCUT2D eigenvalue weighted by atomic mass is 9.72. The highest BCUT2D eigenvalue weighted by molar-refractivity contribution is 8.10. The van der Waals surface area contributed by atoms with Crippen LogP contribution < -0.4 is 5.32 Å². The molecule has 6 heteroatoms. The Bertz CT molecular complexity index is 926. The van der Waals surface area contributed by atoms with Crippen LogP contribution in [-0.4, -0.2) is 25.6 Å². The summed E-state index contributed by atoms with van der Waals surface area (Å²) in [5.74, 6) is 0. The predicted octanol–water partition coefficient (Wildman–Crippen LogP) is 3.48. The second-order valence-electron chi connectivity index (χ2n) is 7.72. The third-order valence-corrected chi connectivity index (χ3v) is 7.43. The number of nitrogens with one attached hydrogen (secondary N) is 1. The molecule has 4 rings (SSSR count). The van der Waals surface area contributed by atoms with Crippen LogP contribution >= 0.6 is 11.6 Å². The molecule has 2 aliphatic heterocycles. The maximum Gasteiger partial charge on any atom is 0.252 e. The minimum absolute atomic E-state index is 0.00897. The summed E-state index contributed by atoms with van der Waals surface area (Å²) in [7, 11) is -3.92. The summed E-state index contributed by atoms with van der Waals surface area (Å²) in [5.41, 5.74) is 2.48. The molecular formula is C19H20ClNO3S. The molecule has 0 aromatic heterocycles. The Morgan fingerprint density at radius 3 is 2.52 bits per heavy atom. The molecule has 1 aromatic carbocycles. The summed E-state index contributed by atoms with van der Waals surface area (Å²) >= 11 is 6.01. The largest absolute Gasteiger partial charge is 0.302 e. The van der Waals surface area contributed by atoms with Gasteiger partial charge >= 0.3 is 0 Å². The Balaban J connectivity index is 2.03.